The molecule has 4 saturated heterocycles. The number of hydrogen-bond acceptors (Lipinski definition) is 10. The third-order valence-electron chi connectivity index (χ3n) is 6.85. The van der Waals surface area contributed by atoms with E-state index in [-0.39, 0.29) is 12.6 Å². The molecule has 0 spiro atoms. The zero-order valence-corrected chi connectivity index (χ0v) is 23.5. The Labute approximate surface area is 246 Å². The van der Waals surface area contributed by atoms with E-state index in [1.54, 1.807) is 0 Å². The molecule has 0 saturated carbocycles. The molecular formula is C21H31F6N5O11S. The third-order valence-corrected chi connectivity index (χ3v) is 7.20. The molecule has 0 aromatic rings. The van der Waals surface area contributed by atoms with Crippen molar-refractivity contribution in [3.05, 3.63) is 0 Å². The van der Waals surface area contributed by atoms with Crippen molar-refractivity contribution in [2.45, 2.75) is 75.0 Å². The summed E-state index contributed by atoms with van der Waals surface area (Å²) in [4.78, 5) is 51.9. The number of hydrogen-bond donors (Lipinski definition) is 5. The maximum absolute atomic E-state index is 12.5. The SMILES string of the molecule is O=C(NOC[C@H]1C[C@@H](N2CCCCC2)CN1)[C@@H]1CC[C@@H]2CN1C(=O)N2OS(=O)(=O)O.O=C(O)C(F)(F)F.O=C(O)C(F)(F)F. The number of carboxylic acids is 2. The molecule has 4 heterocycles. The van der Waals surface area contributed by atoms with E-state index >= 15 is 0 Å². The third kappa shape index (κ3) is 11.5. The van der Waals surface area contributed by atoms with Gasteiger partial charge in [0.05, 0.1) is 12.6 Å². The van der Waals surface area contributed by atoms with Crippen molar-refractivity contribution in [1.82, 2.24) is 25.7 Å². The van der Waals surface area contributed by atoms with E-state index < -0.39 is 58.7 Å². The number of carbonyl (C=O) groups is 4. The van der Waals surface area contributed by atoms with Crippen LogP contribution in [0.5, 0.6) is 0 Å². The molecule has 44 heavy (non-hydrogen) atoms. The first-order valence-electron chi connectivity index (χ1n) is 13.0. The lowest BCUT2D eigenvalue weighted by atomic mass is 10.0. The van der Waals surface area contributed by atoms with Gasteiger partial charge in [0.1, 0.15) is 6.04 Å². The predicted octanol–water partition coefficient (Wildman–Crippen LogP) is 0.520. The van der Waals surface area contributed by atoms with Gasteiger partial charge in [0.15, 0.2) is 0 Å². The number of likely N-dealkylation sites (tertiary alicyclic amines) is 1. The van der Waals surface area contributed by atoms with Gasteiger partial charge in [-0.3, -0.25) is 19.1 Å². The zero-order chi connectivity index (χ0) is 33.5. The van der Waals surface area contributed by atoms with Gasteiger partial charge in [0.2, 0.25) is 0 Å². The highest BCUT2D eigenvalue weighted by Gasteiger charge is 2.49. The Hall–Kier alpha value is -2.99. The highest BCUT2D eigenvalue weighted by molar-refractivity contribution is 7.80. The number of carboxylic acid groups (broad SMARTS) is 2. The number of nitrogens with one attached hydrogen (secondary N) is 2. The van der Waals surface area contributed by atoms with Crippen LogP contribution in [0.1, 0.15) is 38.5 Å². The quantitative estimate of drug-likeness (QED) is 0.142. The summed E-state index contributed by atoms with van der Waals surface area (Å²) >= 11 is 0. The van der Waals surface area contributed by atoms with Crippen molar-refractivity contribution in [2.75, 3.05) is 32.8 Å². The van der Waals surface area contributed by atoms with Gasteiger partial charge in [-0.05, 0) is 45.2 Å². The lowest BCUT2D eigenvalue weighted by Gasteiger charge is -2.31. The van der Waals surface area contributed by atoms with Gasteiger partial charge in [-0.1, -0.05) is 6.42 Å². The minimum Gasteiger partial charge on any atom is -0.475 e. The van der Waals surface area contributed by atoms with Crippen LogP contribution in [-0.4, -0.2) is 131 Å². The Morgan fingerprint density at radius 3 is 2.00 bits per heavy atom. The molecule has 4 aliphatic heterocycles. The number of fused-ring (bicyclic) bond motifs is 2. The van der Waals surface area contributed by atoms with Crippen LogP contribution >= 0.6 is 0 Å². The van der Waals surface area contributed by atoms with E-state index in [4.69, 9.17) is 29.2 Å². The first-order valence-corrected chi connectivity index (χ1v) is 14.3. The molecule has 0 aromatic carbocycles. The molecule has 16 nitrogen and oxygen atoms in total. The van der Waals surface area contributed by atoms with Crippen molar-refractivity contribution in [1.29, 1.82) is 0 Å². The summed E-state index contributed by atoms with van der Waals surface area (Å²) in [7, 11) is -4.81. The second-order valence-corrected chi connectivity index (χ2v) is 11.0. The second-order valence-electron chi connectivity index (χ2n) is 9.98. The largest absolute Gasteiger partial charge is 0.490 e. The molecule has 4 aliphatic rings. The molecule has 0 unspecified atom stereocenters. The molecular weight excluding hydrogens is 644 g/mol. The number of urea groups is 1. The van der Waals surface area contributed by atoms with Gasteiger partial charge in [0, 0.05) is 25.2 Å². The van der Waals surface area contributed by atoms with E-state index in [1.807, 2.05) is 0 Å². The summed E-state index contributed by atoms with van der Waals surface area (Å²) < 4.78 is 98.6. The molecule has 0 radical (unpaired) electrons. The number of carbonyl (C=O) groups excluding carboxylic acids is 2. The number of aliphatic carboxylic acids is 2. The number of halogens is 6. The van der Waals surface area contributed by atoms with E-state index in [1.165, 1.54) is 24.2 Å². The van der Waals surface area contributed by atoms with E-state index in [2.05, 4.69) is 20.0 Å². The van der Waals surface area contributed by atoms with Crippen molar-refractivity contribution in [3.8, 4) is 0 Å². The molecule has 254 valence electrons. The highest BCUT2D eigenvalue weighted by atomic mass is 32.3. The number of nitrogens with zero attached hydrogens (tertiary/aromatic N) is 3. The summed E-state index contributed by atoms with van der Waals surface area (Å²) in [5.41, 5.74) is 2.43. The summed E-state index contributed by atoms with van der Waals surface area (Å²) in [6, 6.07) is -1.42. The van der Waals surface area contributed by atoms with Crippen molar-refractivity contribution >= 4 is 34.3 Å². The summed E-state index contributed by atoms with van der Waals surface area (Å²) in [5, 5.41) is 18.3. The average molecular weight is 676 g/mol. The van der Waals surface area contributed by atoms with Gasteiger partial charge in [-0.25, -0.2) is 19.9 Å². The standard InChI is InChI=1S/C17H29N5O7S.2C2HF3O2/c23-16(15-5-4-13-10-21(15)17(24)22(13)29-30(25,26)27)19-28-11-12-8-14(9-18-12)20-6-2-1-3-7-20;2*3-2(4,5)1(6)7/h12-15,18H,1-11H2,(H,19,23)(H,25,26,27);2*(H,6,7)/t12-,13-,14-,15+;;/m1../s1. The minimum atomic E-state index is -5.08. The van der Waals surface area contributed by atoms with E-state index in [0.29, 0.717) is 30.6 Å². The fourth-order valence-electron chi connectivity index (χ4n) is 4.87. The van der Waals surface area contributed by atoms with E-state index in [9.17, 15) is 44.3 Å². The first kappa shape index (κ1) is 37.2. The van der Waals surface area contributed by atoms with Gasteiger partial charge in [-0.15, -0.1) is 4.28 Å². The molecule has 3 amide bonds. The molecule has 5 N–H and O–H groups in total. The number of piperidine rings is 2. The van der Waals surface area contributed by atoms with Crippen LogP contribution in [0.25, 0.3) is 0 Å². The second kappa shape index (κ2) is 15.3. The van der Waals surface area contributed by atoms with Crippen LogP contribution in [0, 0.1) is 0 Å². The maximum atomic E-state index is 12.5. The molecule has 0 aromatic heterocycles. The lowest BCUT2D eigenvalue weighted by Crippen LogP contribution is -2.50. The summed E-state index contributed by atoms with van der Waals surface area (Å²) in [6.07, 6.45) is -4.69. The smallest absolute Gasteiger partial charge is 0.475 e. The van der Waals surface area contributed by atoms with Gasteiger partial charge in [-0.2, -0.15) is 39.8 Å². The van der Waals surface area contributed by atoms with Crippen molar-refractivity contribution < 1.29 is 77.8 Å². The predicted molar refractivity (Wildman–Crippen MR) is 130 cm³/mol. The zero-order valence-electron chi connectivity index (χ0n) is 22.7. The van der Waals surface area contributed by atoms with Gasteiger partial charge >= 0.3 is 40.7 Å². The Balaban J connectivity index is 0.000000402. The summed E-state index contributed by atoms with van der Waals surface area (Å²) in [5.74, 6) is -5.97. The normalized spacial score (nSPS) is 25.8. The van der Waals surface area contributed by atoms with Crippen LogP contribution in [0.4, 0.5) is 31.1 Å². The fraction of sp³-hybridized carbons (Fsp3) is 0.810. The van der Waals surface area contributed by atoms with Crippen LogP contribution < -0.4 is 10.8 Å². The molecule has 23 heteroatoms. The Kier molecular flexibility index (Phi) is 13.0. The van der Waals surface area contributed by atoms with E-state index in [0.717, 1.165) is 26.1 Å². The number of rotatable bonds is 7. The molecule has 2 bridgehead atoms. The molecule has 4 rings (SSSR count). The Morgan fingerprint density at radius 1 is 0.955 bits per heavy atom. The number of hydroxylamine groups is 3. The molecule has 0 aliphatic carbocycles. The number of alkyl halides is 6. The van der Waals surface area contributed by atoms with Crippen LogP contribution in [0.15, 0.2) is 0 Å². The lowest BCUT2D eigenvalue weighted by molar-refractivity contribution is -0.193. The Morgan fingerprint density at radius 2 is 1.50 bits per heavy atom. The van der Waals surface area contributed by atoms with Crippen LogP contribution in [0.3, 0.4) is 0 Å². The molecule has 4 fully saturated rings. The average Bonchev–Trinajstić information content (AvgIpc) is 3.47. The van der Waals surface area contributed by atoms with Crippen molar-refractivity contribution in [2.24, 2.45) is 0 Å². The maximum Gasteiger partial charge on any atom is 0.490 e. The number of amides is 3. The van der Waals surface area contributed by atoms with Crippen LogP contribution in [0.2, 0.25) is 0 Å². The van der Waals surface area contributed by atoms with Gasteiger partial charge in [0.25, 0.3) is 5.91 Å². The van der Waals surface area contributed by atoms with Crippen molar-refractivity contribution in [3.63, 3.8) is 0 Å². The monoisotopic (exact) mass is 675 g/mol. The first-order chi connectivity index (χ1) is 20.2. The minimum absolute atomic E-state index is 0.147. The highest BCUT2D eigenvalue weighted by Crippen LogP contribution is 2.30. The fourth-order valence-corrected chi connectivity index (χ4v) is 5.26. The summed E-state index contributed by atoms with van der Waals surface area (Å²) in [6.45, 7) is 3.67. The van der Waals surface area contributed by atoms with Crippen LogP contribution in [-0.2, 0) is 33.9 Å². The Bertz CT molecular complexity index is 1110. The van der Waals surface area contributed by atoms with Gasteiger partial charge < -0.3 is 20.4 Å². The topological polar surface area (TPSA) is 215 Å². The molecule has 4 atom stereocenters.